The Morgan fingerprint density at radius 3 is 2.26 bits per heavy atom. The van der Waals surface area contributed by atoms with Crippen molar-refractivity contribution in [2.24, 2.45) is 0 Å². The van der Waals surface area contributed by atoms with E-state index in [1.54, 1.807) is 24.3 Å². The minimum absolute atomic E-state index is 0.0903. The van der Waals surface area contributed by atoms with E-state index in [0.717, 1.165) is 16.7 Å². The number of aliphatic carboxylic acids is 1. The number of carboxylic acid groups (broad SMARTS) is 1. The maximum Gasteiger partial charge on any atom is 0.261 e. The molecule has 2 aromatic rings. The Hall–Kier alpha value is -2.34. The van der Waals surface area contributed by atoms with E-state index >= 15 is 0 Å². The van der Waals surface area contributed by atoms with Gasteiger partial charge < -0.3 is 9.90 Å². The van der Waals surface area contributed by atoms with Gasteiger partial charge in [0.25, 0.3) is 10.0 Å². The zero-order chi connectivity index (χ0) is 17.0. The molecule has 0 radical (unpaired) electrons. The minimum atomic E-state index is -3.67. The Kier molecular flexibility index (Phi) is 5.05. The molecule has 2 aromatic carbocycles. The van der Waals surface area contributed by atoms with Crippen LogP contribution in [0.15, 0.2) is 47.4 Å². The highest BCUT2D eigenvalue weighted by Gasteiger charge is 2.14. The van der Waals surface area contributed by atoms with Gasteiger partial charge in [0.2, 0.25) is 0 Å². The number of rotatable bonds is 6. The van der Waals surface area contributed by atoms with Gasteiger partial charge in [-0.2, -0.15) is 0 Å². The highest BCUT2D eigenvalue weighted by atomic mass is 32.2. The molecule has 0 aliphatic rings. The zero-order valence-electron chi connectivity index (χ0n) is 13.0. The quantitative estimate of drug-likeness (QED) is 0.874. The van der Waals surface area contributed by atoms with Crippen LogP contribution in [0.1, 0.15) is 23.1 Å². The van der Waals surface area contributed by atoms with Gasteiger partial charge in [-0.05, 0) is 67.6 Å². The van der Waals surface area contributed by atoms with Gasteiger partial charge in [-0.15, -0.1) is 0 Å². The summed E-state index contributed by atoms with van der Waals surface area (Å²) in [4.78, 5) is 10.6. The molecule has 2 rings (SSSR count). The normalized spacial score (nSPS) is 11.2. The molecule has 122 valence electrons. The predicted octanol–water partition coefficient (Wildman–Crippen LogP) is 1.79. The van der Waals surface area contributed by atoms with Crippen LogP contribution in [0.4, 0.5) is 5.69 Å². The summed E-state index contributed by atoms with van der Waals surface area (Å²) in [7, 11) is -3.67. The summed E-state index contributed by atoms with van der Waals surface area (Å²) in [6, 6.07) is 11.5. The van der Waals surface area contributed by atoms with Gasteiger partial charge in [0.15, 0.2) is 0 Å². The van der Waals surface area contributed by atoms with Crippen LogP contribution >= 0.6 is 0 Å². The molecule has 23 heavy (non-hydrogen) atoms. The van der Waals surface area contributed by atoms with Gasteiger partial charge in [0.1, 0.15) is 0 Å². The van der Waals surface area contributed by atoms with Crippen LogP contribution in [0.25, 0.3) is 0 Å². The number of sulfonamides is 1. The standard InChI is InChI=1S/C17H19NO4S/c1-12-3-7-15(11-13(12)2)18-23(21,22)16-8-4-14(5-9-16)6-10-17(19)20/h3-5,7-9,11,18H,6,10H2,1-2H3,(H,19,20)/p-1. The molecule has 0 fully saturated rings. The lowest BCUT2D eigenvalue weighted by molar-refractivity contribution is -0.305. The zero-order valence-corrected chi connectivity index (χ0v) is 13.8. The Bertz CT molecular complexity index is 811. The number of aryl methyl sites for hydroxylation is 3. The van der Waals surface area contributed by atoms with Crippen molar-refractivity contribution in [1.82, 2.24) is 0 Å². The fourth-order valence-corrected chi connectivity index (χ4v) is 3.15. The molecule has 6 heteroatoms. The minimum Gasteiger partial charge on any atom is -0.550 e. The molecular formula is C17H18NO4S-. The number of carboxylic acids is 1. The second-order valence-corrected chi connectivity index (χ2v) is 7.10. The highest BCUT2D eigenvalue weighted by molar-refractivity contribution is 7.92. The molecule has 0 aliphatic carbocycles. The first-order valence-corrected chi connectivity index (χ1v) is 8.65. The van der Waals surface area contributed by atoms with Crippen LogP contribution in [0.2, 0.25) is 0 Å². The third-order valence-corrected chi connectivity index (χ3v) is 5.01. The maximum atomic E-state index is 12.4. The molecule has 0 saturated heterocycles. The summed E-state index contributed by atoms with van der Waals surface area (Å²) in [5.41, 5.74) is 3.35. The van der Waals surface area contributed by atoms with Gasteiger partial charge >= 0.3 is 0 Å². The number of hydrogen-bond donors (Lipinski definition) is 1. The molecule has 0 spiro atoms. The first-order valence-electron chi connectivity index (χ1n) is 7.17. The topological polar surface area (TPSA) is 86.3 Å². The molecular weight excluding hydrogens is 314 g/mol. The lowest BCUT2D eigenvalue weighted by atomic mass is 10.1. The van der Waals surface area contributed by atoms with Crippen molar-refractivity contribution in [3.05, 3.63) is 59.2 Å². The Labute approximate surface area is 136 Å². The van der Waals surface area contributed by atoms with E-state index in [9.17, 15) is 18.3 Å². The molecule has 0 bridgehead atoms. The number of hydrogen-bond acceptors (Lipinski definition) is 4. The fraction of sp³-hybridized carbons (Fsp3) is 0.235. The van der Waals surface area contributed by atoms with Gasteiger partial charge in [0.05, 0.1) is 4.90 Å². The summed E-state index contributed by atoms with van der Waals surface area (Å²) in [6.45, 7) is 3.87. The third kappa shape index (κ3) is 4.56. The average molecular weight is 332 g/mol. The van der Waals surface area contributed by atoms with Crippen molar-refractivity contribution in [2.45, 2.75) is 31.6 Å². The summed E-state index contributed by atoms with van der Waals surface area (Å²) in [5, 5.41) is 10.4. The third-order valence-electron chi connectivity index (χ3n) is 3.61. The fourth-order valence-electron chi connectivity index (χ4n) is 2.10. The van der Waals surface area contributed by atoms with E-state index in [-0.39, 0.29) is 11.3 Å². The van der Waals surface area contributed by atoms with Crippen LogP contribution in [0.3, 0.4) is 0 Å². The van der Waals surface area contributed by atoms with Crippen molar-refractivity contribution in [3.63, 3.8) is 0 Å². The van der Waals surface area contributed by atoms with Crippen LogP contribution in [0, 0.1) is 13.8 Å². The van der Waals surface area contributed by atoms with Crippen LogP contribution in [0.5, 0.6) is 0 Å². The average Bonchev–Trinajstić information content (AvgIpc) is 2.49. The molecule has 0 unspecified atom stereocenters. The Morgan fingerprint density at radius 1 is 1.04 bits per heavy atom. The monoisotopic (exact) mass is 332 g/mol. The van der Waals surface area contributed by atoms with Crippen molar-refractivity contribution in [1.29, 1.82) is 0 Å². The summed E-state index contributed by atoms with van der Waals surface area (Å²) < 4.78 is 27.3. The van der Waals surface area contributed by atoms with E-state index in [1.165, 1.54) is 12.1 Å². The number of nitrogens with one attached hydrogen (secondary N) is 1. The SMILES string of the molecule is Cc1ccc(NS(=O)(=O)c2ccc(CCC(=O)[O-])cc2)cc1C. The summed E-state index contributed by atoms with van der Waals surface area (Å²) in [6.07, 6.45) is 0.222. The molecule has 0 heterocycles. The molecule has 1 N–H and O–H groups in total. The van der Waals surface area contributed by atoms with E-state index in [2.05, 4.69) is 4.72 Å². The summed E-state index contributed by atoms with van der Waals surface area (Å²) in [5.74, 6) is -1.13. The number of anilines is 1. The van der Waals surface area contributed by atoms with Gasteiger partial charge in [-0.1, -0.05) is 18.2 Å². The van der Waals surface area contributed by atoms with Gasteiger partial charge in [0, 0.05) is 11.7 Å². The first-order chi connectivity index (χ1) is 10.8. The van der Waals surface area contributed by atoms with Crippen LogP contribution < -0.4 is 9.83 Å². The summed E-state index contributed by atoms with van der Waals surface area (Å²) >= 11 is 0. The lowest BCUT2D eigenvalue weighted by Crippen LogP contribution is -2.22. The number of benzene rings is 2. The highest BCUT2D eigenvalue weighted by Crippen LogP contribution is 2.19. The van der Waals surface area contributed by atoms with Crippen molar-refractivity contribution >= 4 is 21.7 Å². The van der Waals surface area contributed by atoms with Crippen LogP contribution in [-0.4, -0.2) is 14.4 Å². The van der Waals surface area contributed by atoms with E-state index in [1.807, 2.05) is 19.9 Å². The van der Waals surface area contributed by atoms with Crippen molar-refractivity contribution in [2.75, 3.05) is 4.72 Å². The predicted molar refractivity (Wildman–Crippen MR) is 86.5 cm³/mol. The van der Waals surface area contributed by atoms with Crippen LogP contribution in [-0.2, 0) is 21.2 Å². The molecule has 5 nitrogen and oxygen atoms in total. The first kappa shape index (κ1) is 17.0. The maximum absolute atomic E-state index is 12.4. The van der Waals surface area contributed by atoms with E-state index < -0.39 is 16.0 Å². The largest absolute Gasteiger partial charge is 0.550 e. The molecule has 0 amide bonds. The second kappa shape index (κ2) is 6.83. The Balaban J connectivity index is 2.15. The molecule has 0 atom stereocenters. The van der Waals surface area contributed by atoms with Crippen molar-refractivity contribution < 1.29 is 18.3 Å². The number of carbonyl (C=O) groups is 1. The Morgan fingerprint density at radius 2 is 1.70 bits per heavy atom. The molecule has 0 saturated carbocycles. The second-order valence-electron chi connectivity index (χ2n) is 5.42. The lowest BCUT2D eigenvalue weighted by Gasteiger charge is -2.10. The molecule has 0 aliphatic heterocycles. The molecule has 0 aromatic heterocycles. The smallest absolute Gasteiger partial charge is 0.261 e. The number of carbonyl (C=O) groups excluding carboxylic acids is 1. The van der Waals surface area contributed by atoms with Gasteiger partial charge in [-0.3, -0.25) is 4.72 Å². The van der Waals surface area contributed by atoms with E-state index in [0.29, 0.717) is 12.1 Å². The van der Waals surface area contributed by atoms with E-state index in [4.69, 9.17) is 0 Å². The van der Waals surface area contributed by atoms with Gasteiger partial charge in [-0.25, -0.2) is 8.42 Å². The van der Waals surface area contributed by atoms with Crippen molar-refractivity contribution in [3.8, 4) is 0 Å².